The second-order valence-electron chi connectivity index (χ2n) is 5.51. The van der Waals surface area contributed by atoms with Gasteiger partial charge in [-0.3, -0.25) is 4.90 Å². The zero-order valence-corrected chi connectivity index (χ0v) is 15.2. The molecule has 1 saturated heterocycles. The lowest BCUT2D eigenvalue weighted by atomic mass is 9.89. The van der Waals surface area contributed by atoms with Crippen molar-refractivity contribution < 1.29 is 9.84 Å². The lowest BCUT2D eigenvalue weighted by Gasteiger charge is -2.39. The molecule has 0 aromatic heterocycles. The van der Waals surface area contributed by atoms with E-state index in [1.54, 1.807) is 13.2 Å². The summed E-state index contributed by atoms with van der Waals surface area (Å²) in [7, 11) is 1.67. The van der Waals surface area contributed by atoms with E-state index >= 15 is 0 Å². The predicted octanol–water partition coefficient (Wildman–Crippen LogP) is 3.24. The van der Waals surface area contributed by atoms with Crippen LogP contribution in [0.4, 0.5) is 0 Å². The number of nitrogens with zero attached hydrogens (tertiary/aromatic N) is 1. The maximum atomic E-state index is 10.3. The summed E-state index contributed by atoms with van der Waals surface area (Å²) < 4.78 is 5.49. The standard InChI is InChI=1S/C16H26N2O2.2ClH/c1-4-12(2)16(18-10-8-17-9-11-18)15-13(19)6-5-7-14(15)20-3;;/h5-7,12,16-17,19H,4,8-11H2,1-3H3;2*1H/t12?,16-;;/m0../s1. The SMILES string of the molecule is CCC(C)[C@@H](c1c(O)cccc1OC)N1CCNCC1.Cl.Cl. The van der Waals surface area contributed by atoms with Gasteiger partial charge >= 0.3 is 0 Å². The molecule has 2 N–H and O–H groups in total. The van der Waals surface area contributed by atoms with Crippen LogP contribution in [-0.4, -0.2) is 43.3 Å². The number of piperazine rings is 1. The zero-order chi connectivity index (χ0) is 14.5. The van der Waals surface area contributed by atoms with Gasteiger partial charge in [0.15, 0.2) is 0 Å². The molecule has 1 aliphatic rings. The Kier molecular flexibility index (Phi) is 9.85. The van der Waals surface area contributed by atoms with Crippen molar-refractivity contribution in [1.82, 2.24) is 10.2 Å². The Labute approximate surface area is 146 Å². The minimum atomic E-state index is 0. The monoisotopic (exact) mass is 350 g/mol. The molecule has 0 amide bonds. The van der Waals surface area contributed by atoms with Gasteiger partial charge in [-0.1, -0.05) is 26.3 Å². The van der Waals surface area contributed by atoms with Gasteiger partial charge in [0.05, 0.1) is 12.7 Å². The van der Waals surface area contributed by atoms with E-state index in [2.05, 4.69) is 24.1 Å². The lowest BCUT2D eigenvalue weighted by Crippen LogP contribution is -2.46. The van der Waals surface area contributed by atoms with Gasteiger partial charge in [-0.2, -0.15) is 0 Å². The Bertz CT molecular complexity index is 440. The van der Waals surface area contributed by atoms with E-state index in [4.69, 9.17) is 4.74 Å². The maximum absolute atomic E-state index is 10.3. The van der Waals surface area contributed by atoms with Crippen LogP contribution in [0.3, 0.4) is 0 Å². The number of halogens is 2. The summed E-state index contributed by atoms with van der Waals surface area (Å²) in [6.45, 7) is 8.47. The Balaban J connectivity index is 0.00000220. The van der Waals surface area contributed by atoms with Crippen LogP contribution in [0.2, 0.25) is 0 Å². The largest absolute Gasteiger partial charge is 0.507 e. The molecule has 1 aromatic carbocycles. The van der Waals surface area contributed by atoms with Crippen LogP contribution in [-0.2, 0) is 0 Å². The third-order valence-electron chi connectivity index (χ3n) is 4.29. The van der Waals surface area contributed by atoms with Gasteiger partial charge in [-0.25, -0.2) is 0 Å². The van der Waals surface area contributed by atoms with E-state index in [0.29, 0.717) is 11.7 Å². The summed E-state index contributed by atoms with van der Waals surface area (Å²) in [5.41, 5.74) is 0.936. The van der Waals surface area contributed by atoms with Crippen molar-refractivity contribution in [3.05, 3.63) is 23.8 Å². The number of phenolic OH excluding ortho intramolecular Hbond substituents is 1. The summed E-state index contributed by atoms with van der Waals surface area (Å²) in [4.78, 5) is 2.46. The molecule has 128 valence electrons. The quantitative estimate of drug-likeness (QED) is 0.855. The average Bonchev–Trinajstić information content (AvgIpc) is 2.50. The van der Waals surface area contributed by atoms with Crippen molar-refractivity contribution in [3.63, 3.8) is 0 Å². The van der Waals surface area contributed by atoms with Crippen LogP contribution in [0.15, 0.2) is 18.2 Å². The molecule has 1 heterocycles. The Morgan fingerprint density at radius 2 is 1.91 bits per heavy atom. The van der Waals surface area contributed by atoms with E-state index in [1.165, 1.54) is 0 Å². The van der Waals surface area contributed by atoms with Gasteiger partial charge in [0.1, 0.15) is 11.5 Å². The van der Waals surface area contributed by atoms with Gasteiger partial charge in [-0.15, -0.1) is 24.8 Å². The zero-order valence-electron chi connectivity index (χ0n) is 13.5. The molecule has 6 heteroatoms. The second kappa shape index (κ2) is 10.2. The molecular formula is C16H28Cl2N2O2. The third-order valence-corrected chi connectivity index (χ3v) is 4.29. The summed E-state index contributed by atoms with van der Waals surface area (Å²) in [5, 5.41) is 13.7. The first-order valence-corrected chi connectivity index (χ1v) is 7.49. The van der Waals surface area contributed by atoms with Crippen LogP contribution in [0.5, 0.6) is 11.5 Å². The normalized spacial score (nSPS) is 17.8. The van der Waals surface area contributed by atoms with Crippen molar-refractivity contribution in [2.24, 2.45) is 5.92 Å². The topological polar surface area (TPSA) is 44.7 Å². The number of aromatic hydroxyl groups is 1. The van der Waals surface area contributed by atoms with Gasteiger partial charge in [0, 0.05) is 32.2 Å². The molecule has 0 saturated carbocycles. The molecule has 2 atom stereocenters. The molecule has 2 rings (SSSR count). The fourth-order valence-corrected chi connectivity index (χ4v) is 3.02. The first kappa shape index (κ1) is 21.3. The minimum Gasteiger partial charge on any atom is -0.507 e. The van der Waals surface area contributed by atoms with Crippen molar-refractivity contribution in [2.75, 3.05) is 33.3 Å². The number of ether oxygens (including phenoxy) is 1. The molecule has 1 aliphatic heterocycles. The first-order chi connectivity index (χ1) is 9.69. The molecule has 1 fully saturated rings. The smallest absolute Gasteiger partial charge is 0.127 e. The summed E-state index contributed by atoms with van der Waals surface area (Å²) in [6, 6.07) is 5.74. The molecule has 0 radical (unpaired) electrons. The van der Waals surface area contributed by atoms with Crippen molar-refractivity contribution in [3.8, 4) is 11.5 Å². The molecule has 0 spiro atoms. The molecule has 0 bridgehead atoms. The number of hydrogen-bond acceptors (Lipinski definition) is 4. The van der Waals surface area contributed by atoms with Gasteiger partial charge in [0.2, 0.25) is 0 Å². The van der Waals surface area contributed by atoms with Gasteiger partial charge in [0.25, 0.3) is 0 Å². The number of benzene rings is 1. The van der Waals surface area contributed by atoms with E-state index in [1.807, 2.05) is 12.1 Å². The Hall–Kier alpha value is -0.680. The van der Waals surface area contributed by atoms with Gasteiger partial charge in [-0.05, 0) is 18.1 Å². The van der Waals surface area contributed by atoms with Crippen molar-refractivity contribution in [1.29, 1.82) is 0 Å². The highest BCUT2D eigenvalue weighted by Gasteiger charge is 2.30. The Morgan fingerprint density at radius 1 is 1.27 bits per heavy atom. The molecule has 22 heavy (non-hydrogen) atoms. The predicted molar refractivity (Wildman–Crippen MR) is 95.8 cm³/mol. The summed E-state index contributed by atoms with van der Waals surface area (Å²) in [5.74, 6) is 1.59. The maximum Gasteiger partial charge on any atom is 0.127 e. The number of methoxy groups -OCH3 is 1. The summed E-state index contributed by atoms with van der Waals surface area (Å²) in [6.07, 6.45) is 1.08. The van der Waals surface area contributed by atoms with Crippen LogP contribution in [0.1, 0.15) is 31.9 Å². The number of hydrogen-bond donors (Lipinski definition) is 2. The fraction of sp³-hybridized carbons (Fsp3) is 0.625. The van der Waals surface area contributed by atoms with Crippen molar-refractivity contribution >= 4 is 24.8 Å². The van der Waals surface area contributed by atoms with E-state index in [9.17, 15) is 5.11 Å². The van der Waals surface area contributed by atoms with E-state index in [-0.39, 0.29) is 30.9 Å². The first-order valence-electron chi connectivity index (χ1n) is 7.49. The minimum absolute atomic E-state index is 0. The van der Waals surface area contributed by atoms with Crippen LogP contribution >= 0.6 is 24.8 Å². The molecule has 1 unspecified atom stereocenters. The highest BCUT2D eigenvalue weighted by molar-refractivity contribution is 5.85. The number of phenols is 1. The van der Waals surface area contributed by atoms with Gasteiger partial charge < -0.3 is 15.2 Å². The molecule has 0 aliphatic carbocycles. The molecule has 1 aromatic rings. The van der Waals surface area contributed by atoms with Crippen LogP contribution in [0, 0.1) is 5.92 Å². The van der Waals surface area contributed by atoms with Crippen LogP contribution < -0.4 is 10.1 Å². The average molecular weight is 351 g/mol. The molecular weight excluding hydrogens is 323 g/mol. The number of nitrogens with one attached hydrogen (secondary N) is 1. The second-order valence-corrected chi connectivity index (χ2v) is 5.51. The van der Waals surface area contributed by atoms with E-state index in [0.717, 1.165) is 43.9 Å². The fourth-order valence-electron chi connectivity index (χ4n) is 3.02. The van der Waals surface area contributed by atoms with E-state index < -0.39 is 0 Å². The third kappa shape index (κ3) is 4.66. The van der Waals surface area contributed by atoms with Crippen LogP contribution in [0.25, 0.3) is 0 Å². The highest BCUT2D eigenvalue weighted by atomic mass is 35.5. The Morgan fingerprint density at radius 3 is 2.45 bits per heavy atom. The highest BCUT2D eigenvalue weighted by Crippen LogP contribution is 2.41. The molecule has 4 nitrogen and oxygen atoms in total. The summed E-state index contributed by atoms with van der Waals surface area (Å²) >= 11 is 0. The lowest BCUT2D eigenvalue weighted by molar-refractivity contribution is 0.123. The van der Waals surface area contributed by atoms with Crippen molar-refractivity contribution in [2.45, 2.75) is 26.3 Å². The number of rotatable bonds is 5.